The molecule has 27 heavy (non-hydrogen) atoms. The standard InChI is InChI=1S/C19H21N5O3/c1-11-13(8-25)15(27-9-12-5-3-2-4-6-12)7-14(11)24-10-21-16-17(24)22-19(20)23-18(16)26/h2-6,10,13-15,25H,1,7-9H2,(H3,20,22,23,26). The lowest BCUT2D eigenvalue weighted by molar-refractivity contribution is 0.00506. The Morgan fingerprint density at radius 1 is 1.37 bits per heavy atom. The monoisotopic (exact) mass is 367 g/mol. The van der Waals surface area contributed by atoms with Crippen LogP contribution in [0.2, 0.25) is 0 Å². The number of aliphatic hydroxyl groups excluding tert-OH is 1. The van der Waals surface area contributed by atoms with E-state index in [0.29, 0.717) is 18.7 Å². The Bertz CT molecular complexity index is 1030. The number of fused-ring (bicyclic) bond motifs is 1. The summed E-state index contributed by atoms with van der Waals surface area (Å²) < 4.78 is 7.87. The molecule has 0 spiro atoms. The van der Waals surface area contributed by atoms with Crippen molar-refractivity contribution in [2.75, 3.05) is 12.3 Å². The first kappa shape index (κ1) is 17.4. The number of anilines is 1. The molecule has 0 amide bonds. The molecule has 0 bridgehead atoms. The second-order valence-electron chi connectivity index (χ2n) is 6.73. The maximum atomic E-state index is 12.0. The predicted octanol–water partition coefficient (Wildman–Crippen LogP) is 1.40. The zero-order chi connectivity index (χ0) is 19.0. The maximum absolute atomic E-state index is 12.0. The number of aromatic amines is 1. The molecule has 8 nitrogen and oxygen atoms in total. The Morgan fingerprint density at radius 3 is 2.89 bits per heavy atom. The van der Waals surface area contributed by atoms with Crippen LogP contribution in [-0.2, 0) is 11.3 Å². The maximum Gasteiger partial charge on any atom is 0.280 e. The van der Waals surface area contributed by atoms with Gasteiger partial charge in [-0.2, -0.15) is 4.98 Å². The van der Waals surface area contributed by atoms with Gasteiger partial charge in [-0.05, 0) is 17.6 Å². The normalized spacial score (nSPS) is 22.6. The highest BCUT2D eigenvalue weighted by molar-refractivity contribution is 5.71. The highest BCUT2D eigenvalue weighted by Crippen LogP contribution is 2.41. The minimum absolute atomic E-state index is 0.0356. The van der Waals surface area contributed by atoms with Gasteiger partial charge in [0.15, 0.2) is 11.2 Å². The first-order valence-electron chi connectivity index (χ1n) is 8.76. The highest BCUT2D eigenvalue weighted by Gasteiger charge is 2.39. The Balaban J connectivity index is 1.61. The molecule has 8 heteroatoms. The number of imidazole rings is 1. The molecular formula is C19H21N5O3. The lowest BCUT2D eigenvalue weighted by Crippen LogP contribution is -2.21. The molecule has 0 saturated heterocycles. The molecular weight excluding hydrogens is 346 g/mol. The van der Waals surface area contributed by atoms with Crippen molar-refractivity contribution in [2.24, 2.45) is 5.92 Å². The first-order chi connectivity index (χ1) is 13.1. The van der Waals surface area contributed by atoms with E-state index in [9.17, 15) is 9.90 Å². The molecule has 1 aliphatic rings. The number of nitrogens with two attached hydrogens (primary N) is 1. The van der Waals surface area contributed by atoms with Crippen LogP contribution in [-0.4, -0.2) is 37.3 Å². The quantitative estimate of drug-likeness (QED) is 0.587. The van der Waals surface area contributed by atoms with Gasteiger partial charge in [-0.25, -0.2) is 4.98 Å². The van der Waals surface area contributed by atoms with Gasteiger partial charge in [0.25, 0.3) is 5.56 Å². The van der Waals surface area contributed by atoms with Crippen molar-refractivity contribution in [1.29, 1.82) is 0 Å². The second kappa shape index (κ2) is 6.98. The molecule has 1 aromatic carbocycles. The summed E-state index contributed by atoms with van der Waals surface area (Å²) in [6, 6.07) is 9.70. The number of hydrogen-bond acceptors (Lipinski definition) is 6. The summed E-state index contributed by atoms with van der Waals surface area (Å²) in [5.41, 5.74) is 7.83. The van der Waals surface area contributed by atoms with Gasteiger partial charge in [-0.15, -0.1) is 0 Å². The van der Waals surface area contributed by atoms with Crippen LogP contribution < -0.4 is 11.3 Å². The van der Waals surface area contributed by atoms with E-state index in [-0.39, 0.29) is 41.7 Å². The fourth-order valence-corrected chi connectivity index (χ4v) is 3.68. The highest BCUT2D eigenvalue weighted by atomic mass is 16.5. The summed E-state index contributed by atoms with van der Waals surface area (Å²) in [7, 11) is 0. The number of nitrogens with one attached hydrogen (secondary N) is 1. The van der Waals surface area contributed by atoms with Crippen molar-refractivity contribution >= 4 is 17.1 Å². The predicted molar refractivity (Wildman–Crippen MR) is 101 cm³/mol. The van der Waals surface area contributed by atoms with Crippen LogP contribution in [0.25, 0.3) is 11.2 Å². The Hall–Kier alpha value is -2.97. The average molecular weight is 367 g/mol. The summed E-state index contributed by atoms with van der Waals surface area (Å²) >= 11 is 0. The molecule has 3 atom stereocenters. The van der Waals surface area contributed by atoms with E-state index >= 15 is 0 Å². The molecule has 1 aliphatic carbocycles. The van der Waals surface area contributed by atoms with Gasteiger partial charge in [0, 0.05) is 5.92 Å². The van der Waals surface area contributed by atoms with Crippen molar-refractivity contribution < 1.29 is 9.84 Å². The Kier molecular flexibility index (Phi) is 4.51. The molecule has 4 N–H and O–H groups in total. The summed E-state index contributed by atoms with van der Waals surface area (Å²) in [5, 5.41) is 9.86. The number of H-pyrrole nitrogens is 1. The zero-order valence-electron chi connectivity index (χ0n) is 14.7. The van der Waals surface area contributed by atoms with E-state index in [4.69, 9.17) is 10.5 Å². The number of aliphatic hydroxyl groups is 1. The molecule has 0 radical (unpaired) electrons. The van der Waals surface area contributed by atoms with Crippen molar-refractivity contribution in [2.45, 2.75) is 25.2 Å². The van der Waals surface area contributed by atoms with Crippen molar-refractivity contribution in [3.05, 3.63) is 64.7 Å². The number of nitrogen functional groups attached to an aromatic ring is 1. The largest absolute Gasteiger partial charge is 0.396 e. The topological polar surface area (TPSA) is 119 Å². The smallest absolute Gasteiger partial charge is 0.280 e. The van der Waals surface area contributed by atoms with Crippen LogP contribution in [0, 0.1) is 5.92 Å². The molecule has 140 valence electrons. The lowest BCUT2D eigenvalue weighted by Gasteiger charge is -2.18. The molecule has 1 fully saturated rings. The summed E-state index contributed by atoms with van der Waals surface area (Å²) in [4.78, 5) is 22.8. The van der Waals surface area contributed by atoms with Crippen LogP contribution in [0.1, 0.15) is 18.0 Å². The molecule has 0 aliphatic heterocycles. The zero-order valence-corrected chi connectivity index (χ0v) is 14.7. The number of rotatable bonds is 5. The summed E-state index contributed by atoms with van der Waals surface area (Å²) in [6.07, 6.45) is 1.98. The van der Waals surface area contributed by atoms with E-state index in [1.54, 1.807) is 10.9 Å². The second-order valence-corrected chi connectivity index (χ2v) is 6.73. The van der Waals surface area contributed by atoms with Crippen LogP contribution in [0.5, 0.6) is 0 Å². The third-order valence-electron chi connectivity index (χ3n) is 5.10. The Labute approximate surface area is 155 Å². The van der Waals surface area contributed by atoms with E-state index in [1.165, 1.54) is 0 Å². The number of aromatic nitrogens is 4. The fourth-order valence-electron chi connectivity index (χ4n) is 3.68. The van der Waals surface area contributed by atoms with Crippen LogP contribution in [0.15, 0.2) is 53.6 Å². The van der Waals surface area contributed by atoms with Gasteiger partial charge >= 0.3 is 0 Å². The van der Waals surface area contributed by atoms with E-state index < -0.39 is 0 Å². The third kappa shape index (κ3) is 3.13. The number of nitrogens with zero attached hydrogens (tertiary/aromatic N) is 3. The van der Waals surface area contributed by atoms with Gasteiger partial charge in [0.1, 0.15) is 0 Å². The minimum atomic E-state index is -0.379. The van der Waals surface area contributed by atoms with E-state index in [0.717, 1.165) is 11.1 Å². The van der Waals surface area contributed by atoms with Crippen LogP contribution in [0.4, 0.5) is 5.95 Å². The van der Waals surface area contributed by atoms with Crippen LogP contribution in [0.3, 0.4) is 0 Å². The van der Waals surface area contributed by atoms with Gasteiger partial charge in [0.05, 0.1) is 31.7 Å². The number of ether oxygens (including phenoxy) is 1. The molecule has 3 unspecified atom stereocenters. The molecule has 2 heterocycles. The molecule has 4 rings (SSSR count). The Morgan fingerprint density at radius 2 is 2.15 bits per heavy atom. The summed E-state index contributed by atoms with van der Waals surface area (Å²) in [5.74, 6) is -0.163. The fraction of sp³-hybridized carbons (Fsp3) is 0.316. The van der Waals surface area contributed by atoms with Gasteiger partial charge in [0.2, 0.25) is 5.95 Å². The van der Waals surface area contributed by atoms with Gasteiger partial charge in [-0.3, -0.25) is 9.78 Å². The van der Waals surface area contributed by atoms with Crippen molar-refractivity contribution in [1.82, 2.24) is 19.5 Å². The number of benzene rings is 1. The first-order valence-corrected chi connectivity index (χ1v) is 8.76. The van der Waals surface area contributed by atoms with Gasteiger partial charge < -0.3 is 20.1 Å². The summed E-state index contributed by atoms with van der Waals surface area (Å²) in [6.45, 7) is 4.57. The molecule has 2 aromatic heterocycles. The van der Waals surface area contributed by atoms with Crippen molar-refractivity contribution in [3.8, 4) is 0 Å². The van der Waals surface area contributed by atoms with Crippen molar-refractivity contribution in [3.63, 3.8) is 0 Å². The molecule has 3 aromatic rings. The average Bonchev–Trinajstić information content (AvgIpc) is 3.21. The minimum Gasteiger partial charge on any atom is -0.396 e. The third-order valence-corrected chi connectivity index (χ3v) is 5.10. The van der Waals surface area contributed by atoms with E-state index in [1.807, 2.05) is 30.3 Å². The SMILES string of the molecule is C=C1C(CO)C(OCc2ccccc2)CC1n1cnc2c(=O)[nH]c(N)nc21. The number of hydrogen-bond donors (Lipinski definition) is 3. The van der Waals surface area contributed by atoms with Gasteiger partial charge in [-0.1, -0.05) is 36.9 Å². The lowest BCUT2D eigenvalue weighted by atomic mass is 10.0. The van der Waals surface area contributed by atoms with E-state index in [2.05, 4.69) is 21.5 Å². The van der Waals surface area contributed by atoms with Crippen LogP contribution >= 0.6 is 0 Å². The molecule has 1 saturated carbocycles.